The van der Waals surface area contributed by atoms with Gasteiger partial charge in [-0.25, -0.2) is 9.37 Å². The fraction of sp³-hybridized carbons (Fsp3) is 0.130. The molecule has 2 aromatic carbocycles. The van der Waals surface area contributed by atoms with Crippen LogP contribution in [-0.4, -0.2) is 21.2 Å². The van der Waals surface area contributed by atoms with E-state index in [4.69, 9.17) is 0 Å². The summed E-state index contributed by atoms with van der Waals surface area (Å²) in [5.74, 6) is -0.151. The number of rotatable bonds is 8. The molecule has 0 radical (unpaired) electrons. The Bertz CT molecular complexity index is 1080. The van der Waals surface area contributed by atoms with Gasteiger partial charge in [0.15, 0.2) is 5.16 Å². The Morgan fingerprint density at radius 3 is 2.63 bits per heavy atom. The van der Waals surface area contributed by atoms with Crippen molar-refractivity contribution in [2.75, 3.05) is 5.75 Å². The molecule has 4 rings (SSSR count). The van der Waals surface area contributed by atoms with Gasteiger partial charge in [0, 0.05) is 23.8 Å². The summed E-state index contributed by atoms with van der Waals surface area (Å²) in [6, 6.07) is 20.0. The second kappa shape index (κ2) is 9.73. The van der Waals surface area contributed by atoms with Gasteiger partial charge >= 0.3 is 0 Å². The maximum Gasteiger partial charge on any atom is 0.231 e. The molecule has 7 heteroatoms. The first kappa shape index (κ1) is 20.4. The van der Waals surface area contributed by atoms with Crippen molar-refractivity contribution < 1.29 is 9.18 Å². The topological polar surface area (TPSA) is 46.9 Å². The Kier molecular flexibility index (Phi) is 6.61. The van der Waals surface area contributed by atoms with Gasteiger partial charge in [0.1, 0.15) is 5.82 Å². The molecule has 0 aliphatic heterocycles. The highest BCUT2D eigenvalue weighted by molar-refractivity contribution is 7.99. The van der Waals surface area contributed by atoms with E-state index in [0.717, 1.165) is 15.6 Å². The lowest BCUT2D eigenvalue weighted by atomic mass is 10.1. The van der Waals surface area contributed by atoms with Crippen LogP contribution < -0.4 is 5.32 Å². The fourth-order valence-corrected chi connectivity index (χ4v) is 4.67. The smallest absolute Gasteiger partial charge is 0.231 e. The minimum atomic E-state index is -0.303. The van der Waals surface area contributed by atoms with Crippen molar-refractivity contribution in [3.8, 4) is 0 Å². The average molecular weight is 438 g/mol. The highest BCUT2D eigenvalue weighted by atomic mass is 32.2. The third-order valence-electron chi connectivity index (χ3n) is 4.54. The number of thioether (sulfide) groups is 1. The van der Waals surface area contributed by atoms with Crippen LogP contribution in [-0.2, 0) is 11.3 Å². The first-order valence-electron chi connectivity index (χ1n) is 9.45. The van der Waals surface area contributed by atoms with E-state index in [1.807, 2.05) is 46.5 Å². The van der Waals surface area contributed by atoms with Crippen LogP contribution in [0.2, 0.25) is 0 Å². The molecular weight excluding hydrogens is 417 g/mol. The highest BCUT2D eigenvalue weighted by Crippen LogP contribution is 2.27. The molecule has 1 amide bonds. The molecule has 4 nitrogen and oxygen atoms in total. The summed E-state index contributed by atoms with van der Waals surface area (Å²) in [5, 5.41) is 5.84. The van der Waals surface area contributed by atoms with Gasteiger partial charge in [0.05, 0.1) is 11.8 Å². The quantitative estimate of drug-likeness (QED) is 0.389. The van der Waals surface area contributed by atoms with Crippen LogP contribution in [0.3, 0.4) is 0 Å². The van der Waals surface area contributed by atoms with Crippen molar-refractivity contribution in [1.29, 1.82) is 0 Å². The Balaban J connectivity index is 1.41. The minimum absolute atomic E-state index is 0.100. The van der Waals surface area contributed by atoms with Gasteiger partial charge < -0.3 is 9.88 Å². The Labute approximate surface area is 182 Å². The molecule has 2 aromatic heterocycles. The van der Waals surface area contributed by atoms with E-state index in [-0.39, 0.29) is 23.5 Å². The highest BCUT2D eigenvalue weighted by Gasteiger charge is 2.18. The van der Waals surface area contributed by atoms with E-state index in [1.54, 1.807) is 29.7 Å². The van der Waals surface area contributed by atoms with Crippen molar-refractivity contribution in [2.24, 2.45) is 0 Å². The third-order valence-corrected chi connectivity index (χ3v) is 6.48. The number of thiophene rings is 1. The zero-order valence-electron chi connectivity index (χ0n) is 16.1. The first-order chi connectivity index (χ1) is 14.7. The molecule has 0 aliphatic carbocycles. The number of nitrogens with one attached hydrogen (secondary N) is 1. The molecule has 1 atom stereocenters. The summed E-state index contributed by atoms with van der Waals surface area (Å²) >= 11 is 2.96. The summed E-state index contributed by atoms with van der Waals surface area (Å²) in [7, 11) is 0. The summed E-state index contributed by atoms with van der Waals surface area (Å²) < 4.78 is 15.4. The van der Waals surface area contributed by atoms with E-state index < -0.39 is 0 Å². The van der Waals surface area contributed by atoms with Crippen molar-refractivity contribution in [2.45, 2.75) is 17.7 Å². The maximum absolute atomic E-state index is 13.3. The van der Waals surface area contributed by atoms with Crippen LogP contribution in [0.1, 0.15) is 22.0 Å². The van der Waals surface area contributed by atoms with Gasteiger partial charge in [-0.2, -0.15) is 0 Å². The third kappa shape index (κ3) is 5.17. The monoisotopic (exact) mass is 437 g/mol. The molecule has 4 aromatic rings. The maximum atomic E-state index is 13.3. The molecular formula is C23H20FN3OS2. The number of carbonyl (C=O) groups is 1. The van der Waals surface area contributed by atoms with Crippen molar-refractivity contribution >= 4 is 29.0 Å². The van der Waals surface area contributed by atoms with Gasteiger partial charge in [0.2, 0.25) is 5.91 Å². The average Bonchev–Trinajstić information content (AvgIpc) is 3.44. The van der Waals surface area contributed by atoms with Crippen LogP contribution in [0.4, 0.5) is 4.39 Å². The lowest BCUT2D eigenvalue weighted by Crippen LogP contribution is -2.30. The van der Waals surface area contributed by atoms with E-state index >= 15 is 0 Å². The number of aromatic nitrogens is 2. The normalized spacial score (nSPS) is 11.9. The standard InChI is InChI=1S/C23H20FN3OS2/c24-19-10-8-18(9-11-19)22(20-7-4-14-29-20)26-21(28)16-30-23-25-12-13-27(23)15-17-5-2-1-3-6-17/h1-14,22H,15-16H2,(H,26,28)/t22-/m0/s1. The second-order valence-electron chi connectivity index (χ2n) is 6.68. The molecule has 0 saturated carbocycles. The minimum Gasteiger partial charge on any atom is -0.344 e. The van der Waals surface area contributed by atoms with Crippen molar-refractivity contribution in [1.82, 2.24) is 14.9 Å². The summed E-state index contributed by atoms with van der Waals surface area (Å²) in [4.78, 5) is 18.1. The molecule has 0 fully saturated rings. The number of amides is 1. The number of hydrogen-bond acceptors (Lipinski definition) is 4. The number of nitrogens with zero attached hydrogens (tertiary/aromatic N) is 2. The van der Waals surface area contributed by atoms with Crippen molar-refractivity contribution in [3.05, 3.63) is 106 Å². The zero-order valence-corrected chi connectivity index (χ0v) is 17.7. The molecule has 0 bridgehead atoms. The van der Waals surface area contributed by atoms with Crippen LogP contribution in [0.5, 0.6) is 0 Å². The molecule has 30 heavy (non-hydrogen) atoms. The summed E-state index contributed by atoms with van der Waals surface area (Å²) in [5.41, 5.74) is 2.03. The molecule has 0 spiro atoms. The van der Waals surface area contributed by atoms with Gasteiger partial charge in [-0.3, -0.25) is 4.79 Å². The lowest BCUT2D eigenvalue weighted by Gasteiger charge is -2.18. The lowest BCUT2D eigenvalue weighted by molar-refractivity contribution is -0.119. The molecule has 0 aliphatic rings. The fourth-order valence-electron chi connectivity index (χ4n) is 3.10. The largest absolute Gasteiger partial charge is 0.344 e. The number of imidazole rings is 1. The van der Waals surface area contributed by atoms with Crippen LogP contribution in [0, 0.1) is 5.82 Å². The predicted octanol–water partition coefficient (Wildman–Crippen LogP) is 5.13. The molecule has 152 valence electrons. The van der Waals surface area contributed by atoms with Gasteiger partial charge in [-0.15, -0.1) is 11.3 Å². The SMILES string of the molecule is O=C(CSc1nccn1Cc1ccccc1)N[C@@H](c1ccc(F)cc1)c1cccs1. The van der Waals surface area contributed by atoms with Gasteiger partial charge in [-0.1, -0.05) is 60.3 Å². The summed E-state index contributed by atoms with van der Waals surface area (Å²) in [6.45, 7) is 0.707. The number of halogens is 1. The molecule has 1 N–H and O–H groups in total. The van der Waals surface area contributed by atoms with Gasteiger partial charge in [-0.05, 0) is 34.7 Å². The summed E-state index contributed by atoms with van der Waals surface area (Å²) in [6.07, 6.45) is 3.66. The van der Waals surface area contributed by atoms with Gasteiger partial charge in [0.25, 0.3) is 0 Å². The Morgan fingerprint density at radius 2 is 1.90 bits per heavy atom. The first-order valence-corrected chi connectivity index (χ1v) is 11.3. The van der Waals surface area contributed by atoms with E-state index in [9.17, 15) is 9.18 Å². The second-order valence-corrected chi connectivity index (χ2v) is 8.60. The Morgan fingerprint density at radius 1 is 1.10 bits per heavy atom. The van der Waals surface area contributed by atoms with Crippen LogP contribution in [0.15, 0.2) is 89.7 Å². The van der Waals surface area contributed by atoms with Crippen LogP contribution in [0.25, 0.3) is 0 Å². The number of hydrogen-bond donors (Lipinski definition) is 1. The van der Waals surface area contributed by atoms with E-state index in [2.05, 4.69) is 22.4 Å². The van der Waals surface area contributed by atoms with Crippen molar-refractivity contribution in [3.63, 3.8) is 0 Å². The molecule has 0 saturated heterocycles. The molecule has 0 unspecified atom stereocenters. The zero-order chi connectivity index (χ0) is 20.8. The predicted molar refractivity (Wildman–Crippen MR) is 119 cm³/mol. The molecule has 2 heterocycles. The van der Waals surface area contributed by atoms with Crippen LogP contribution >= 0.6 is 23.1 Å². The van der Waals surface area contributed by atoms with E-state index in [1.165, 1.54) is 29.5 Å². The number of carbonyl (C=O) groups excluding carboxylic acids is 1. The number of benzene rings is 2. The Hall–Kier alpha value is -2.90. The van der Waals surface area contributed by atoms with E-state index in [0.29, 0.717) is 6.54 Å².